The van der Waals surface area contributed by atoms with Gasteiger partial charge in [-0.25, -0.2) is 4.99 Å². The molecule has 6 nitrogen and oxygen atoms in total. The molecule has 168 valence electrons. The lowest BCUT2D eigenvalue weighted by Crippen LogP contribution is -2.37. The van der Waals surface area contributed by atoms with Crippen LogP contribution in [0.1, 0.15) is 35.0 Å². The number of halogens is 4. The molecule has 1 heterocycles. The van der Waals surface area contributed by atoms with E-state index in [1.807, 2.05) is 44.6 Å². The van der Waals surface area contributed by atoms with Crippen molar-refractivity contribution in [3.63, 3.8) is 0 Å². The second-order valence-electron chi connectivity index (χ2n) is 6.75. The largest absolute Gasteiger partial charge is 0.411 e. The first-order valence-electron chi connectivity index (χ1n) is 9.43. The van der Waals surface area contributed by atoms with Gasteiger partial charge in [0, 0.05) is 31.4 Å². The summed E-state index contributed by atoms with van der Waals surface area (Å²) in [6, 6.07) is 7.19. The van der Waals surface area contributed by atoms with Crippen LogP contribution in [-0.2, 0) is 31.5 Å². The Balaban J connectivity index is 0.00000450. The molecule has 0 saturated carbocycles. The van der Waals surface area contributed by atoms with Gasteiger partial charge in [0.15, 0.2) is 5.96 Å². The Morgan fingerprint density at radius 1 is 1.13 bits per heavy atom. The predicted octanol–water partition coefficient (Wildman–Crippen LogP) is 3.99. The molecule has 2 N–H and O–H groups in total. The smallest absolute Gasteiger partial charge is 0.367 e. The van der Waals surface area contributed by atoms with Crippen molar-refractivity contribution in [2.24, 2.45) is 12.0 Å². The number of alkyl halides is 3. The van der Waals surface area contributed by atoms with Gasteiger partial charge in [-0.2, -0.15) is 18.3 Å². The van der Waals surface area contributed by atoms with Crippen LogP contribution in [0, 0.1) is 13.8 Å². The van der Waals surface area contributed by atoms with E-state index in [1.165, 1.54) is 0 Å². The molecule has 0 radical (unpaired) electrons. The SMILES string of the molecule is CCNC(=NCc1ccc(COCC(F)(F)F)cc1)NCc1c(C)nn(C)c1C.I. The molecule has 0 spiro atoms. The molecule has 0 fully saturated rings. The Morgan fingerprint density at radius 3 is 2.30 bits per heavy atom. The molecule has 2 aromatic rings. The first-order valence-corrected chi connectivity index (χ1v) is 9.43. The number of nitrogens with zero attached hydrogens (tertiary/aromatic N) is 3. The average Bonchev–Trinajstić information content (AvgIpc) is 2.89. The highest BCUT2D eigenvalue weighted by molar-refractivity contribution is 14.0. The number of nitrogens with one attached hydrogen (secondary N) is 2. The summed E-state index contributed by atoms with van der Waals surface area (Å²) in [6.07, 6.45) is -4.31. The number of aryl methyl sites for hydroxylation is 2. The highest BCUT2D eigenvalue weighted by atomic mass is 127. The van der Waals surface area contributed by atoms with Crippen molar-refractivity contribution in [3.05, 3.63) is 52.3 Å². The number of aliphatic imine (C=N–C) groups is 1. The maximum absolute atomic E-state index is 12.1. The van der Waals surface area contributed by atoms with Crippen molar-refractivity contribution < 1.29 is 17.9 Å². The molecule has 0 unspecified atom stereocenters. The quantitative estimate of drug-likeness (QED) is 0.303. The van der Waals surface area contributed by atoms with Crippen molar-refractivity contribution in [3.8, 4) is 0 Å². The molecule has 10 heteroatoms. The maximum atomic E-state index is 12.1. The van der Waals surface area contributed by atoms with Gasteiger partial charge in [0.25, 0.3) is 0 Å². The summed E-state index contributed by atoms with van der Waals surface area (Å²) < 4.78 is 42.9. The number of rotatable bonds is 8. The third-order valence-electron chi connectivity index (χ3n) is 4.41. The molecule has 0 aliphatic heterocycles. The first-order chi connectivity index (χ1) is 13.7. The van der Waals surface area contributed by atoms with Gasteiger partial charge < -0.3 is 15.4 Å². The minimum atomic E-state index is -4.31. The van der Waals surface area contributed by atoms with E-state index in [1.54, 1.807) is 12.1 Å². The summed E-state index contributed by atoms with van der Waals surface area (Å²) in [5.74, 6) is 0.688. The van der Waals surface area contributed by atoms with Gasteiger partial charge in [-0.1, -0.05) is 24.3 Å². The molecule has 0 aliphatic rings. The third-order valence-corrected chi connectivity index (χ3v) is 4.41. The molecule has 0 amide bonds. The summed E-state index contributed by atoms with van der Waals surface area (Å²) in [4.78, 5) is 4.58. The van der Waals surface area contributed by atoms with Crippen LogP contribution in [0.5, 0.6) is 0 Å². The number of guanidine groups is 1. The number of hydrogen-bond acceptors (Lipinski definition) is 3. The number of ether oxygens (including phenoxy) is 1. The minimum Gasteiger partial charge on any atom is -0.367 e. The normalized spacial score (nSPS) is 11.9. The zero-order chi connectivity index (χ0) is 21.4. The lowest BCUT2D eigenvalue weighted by Gasteiger charge is -2.12. The van der Waals surface area contributed by atoms with E-state index in [4.69, 9.17) is 0 Å². The molecular formula is C20H29F3IN5O. The Bertz CT molecular complexity index is 819. The Kier molecular flexibility index (Phi) is 10.6. The molecule has 0 bridgehead atoms. The Morgan fingerprint density at radius 2 is 1.77 bits per heavy atom. The number of benzene rings is 1. The summed E-state index contributed by atoms with van der Waals surface area (Å²) >= 11 is 0. The van der Waals surface area contributed by atoms with Crippen molar-refractivity contribution in [1.29, 1.82) is 0 Å². The molecule has 0 atom stereocenters. The van der Waals surface area contributed by atoms with Crippen LogP contribution in [0.4, 0.5) is 13.2 Å². The maximum Gasteiger partial charge on any atom is 0.411 e. The van der Waals surface area contributed by atoms with Crippen LogP contribution >= 0.6 is 24.0 Å². The van der Waals surface area contributed by atoms with E-state index in [0.717, 1.165) is 29.1 Å². The van der Waals surface area contributed by atoms with Crippen molar-refractivity contribution in [2.75, 3.05) is 13.2 Å². The van der Waals surface area contributed by atoms with Gasteiger partial charge in [-0.15, -0.1) is 24.0 Å². The number of aromatic nitrogens is 2. The molecule has 30 heavy (non-hydrogen) atoms. The fourth-order valence-corrected chi connectivity index (χ4v) is 2.78. The van der Waals surface area contributed by atoms with Crippen LogP contribution in [0.3, 0.4) is 0 Å². The first kappa shape index (κ1) is 26.2. The molecular weight excluding hydrogens is 510 g/mol. The summed E-state index contributed by atoms with van der Waals surface area (Å²) in [5, 5.41) is 10.9. The lowest BCUT2D eigenvalue weighted by molar-refractivity contribution is -0.176. The summed E-state index contributed by atoms with van der Waals surface area (Å²) in [6.45, 7) is 6.48. The fraction of sp³-hybridized carbons (Fsp3) is 0.500. The Labute approximate surface area is 192 Å². The number of hydrogen-bond donors (Lipinski definition) is 2. The van der Waals surface area contributed by atoms with Crippen LogP contribution in [0.2, 0.25) is 0 Å². The van der Waals surface area contributed by atoms with Crippen LogP contribution in [0.15, 0.2) is 29.3 Å². The molecule has 1 aromatic heterocycles. The van der Waals surface area contributed by atoms with E-state index in [9.17, 15) is 13.2 Å². The lowest BCUT2D eigenvalue weighted by atomic mass is 10.1. The fourth-order valence-electron chi connectivity index (χ4n) is 2.78. The van der Waals surface area contributed by atoms with Gasteiger partial charge in [0.05, 0.1) is 18.8 Å². The van der Waals surface area contributed by atoms with Crippen molar-refractivity contribution >= 4 is 29.9 Å². The second kappa shape index (κ2) is 12.1. The third kappa shape index (κ3) is 8.50. The van der Waals surface area contributed by atoms with Crippen LogP contribution < -0.4 is 10.6 Å². The highest BCUT2D eigenvalue weighted by Crippen LogP contribution is 2.16. The summed E-state index contributed by atoms with van der Waals surface area (Å²) in [5.41, 5.74) is 4.87. The van der Waals surface area contributed by atoms with Crippen molar-refractivity contribution in [2.45, 2.75) is 46.6 Å². The second-order valence-corrected chi connectivity index (χ2v) is 6.75. The molecule has 0 aliphatic carbocycles. The van der Waals surface area contributed by atoms with E-state index in [2.05, 4.69) is 25.5 Å². The molecule has 2 rings (SSSR count). The minimum absolute atomic E-state index is 0. The van der Waals surface area contributed by atoms with Crippen LogP contribution in [-0.4, -0.2) is 35.1 Å². The van der Waals surface area contributed by atoms with E-state index >= 15 is 0 Å². The highest BCUT2D eigenvalue weighted by Gasteiger charge is 2.27. The van der Waals surface area contributed by atoms with Crippen molar-refractivity contribution in [1.82, 2.24) is 20.4 Å². The topological polar surface area (TPSA) is 63.5 Å². The van der Waals surface area contributed by atoms with Gasteiger partial charge >= 0.3 is 6.18 Å². The van der Waals surface area contributed by atoms with Gasteiger partial charge in [0.2, 0.25) is 0 Å². The Hall–Kier alpha value is -1.82. The standard InChI is InChI=1S/C20H28F3N5O.HI/c1-5-24-19(26-11-18-14(2)27-28(4)15(18)3)25-10-16-6-8-17(9-7-16)12-29-13-20(21,22)23;/h6-9H,5,10-13H2,1-4H3,(H2,24,25,26);1H. The van der Waals surface area contributed by atoms with Crippen LogP contribution in [0.25, 0.3) is 0 Å². The molecule has 0 saturated heterocycles. The van der Waals surface area contributed by atoms with E-state index in [-0.39, 0.29) is 30.6 Å². The monoisotopic (exact) mass is 539 g/mol. The average molecular weight is 539 g/mol. The zero-order valence-corrected chi connectivity index (χ0v) is 20.0. The van der Waals surface area contributed by atoms with Gasteiger partial charge in [-0.3, -0.25) is 4.68 Å². The van der Waals surface area contributed by atoms with E-state index in [0.29, 0.717) is 24.6 Å². The predicted molar refractivity (Wildman–Crippen MR) is 122 cm³/mol. The van der Waals surface area contributed by atoms with Gasteiger partial charge in [-0.05, 0) is 31.9 Å². The summed E-state index contributed by atoms with van der Waals surface area (Å²) in [7, 11) is 1.92. The van der Waals surface area contributed by atoms with E-state index < -0.39 is 12.8 Å². The molecule has 1 aromatic carbocycles. The zero-order valence-electron chi connectivity index (χ0n) is 17.6. The van der Waals surface area contributed by atoms with Gasteiger partial charge in [0.1, 0.15) is 6.61 Å².